The first-order valence-corrected chi connectivity index (χ1v) is 6.19. The van der Waals surface area contributed by atoms with Gasteiger partial charge < -0.3 is 16.0 Å². The van der Waals surface area contributed by atoms with Crippen LogP contribution in [0.3, 0.4) is 0 Å². The van der Waals surface area contributed by atoms with Gasteiger partial charge in [0.1, 0.15) is 0 Å². The van der Waals surface area contributed by atoms with Crippen LogP contribution in [0, 0.1) is 0 Å². The van der Waals surface area contributed by atoms with E-state index in [-0.39, 0.29) is 24.6 Å². The topological polar surface area (TPSA) is 58.4 Å². The summed E-state index contributed by atoms with van der Waals surface area (Å²) >= 11 is 0. The van der Waals surface area contributed by atoms with E-state index in [4.69, 9.17) is 5.73 Å². The summed E-state index contributed by atoms with van der Waals surface area (Å²) in [7, 11) is 1.51. The summed E-state index contributed by atoms with van der Waals surface area (Å²) in [6.45, 7) is 2.20. The number of nitrogens with zero attached hydrogens (tertiary/aromatic N) is 1. The molecule has 1 aromatic carbocycles. The van der Waals surface area contributed by atoms with E-state index in [0.29, 0.717) is 12.2 Å². The van der Waals surface area contributed by atoms with Crippen molar-refractivity contribution in [3.05, 3.63) is 29.3 Å². The second-order valence-electron chi connectivity index (χ2n) is 4.23. The molecule has 0 radical (unpaired) electrons. The van der Waals surface area contributed by atoms with Gasteiger partial charge in [0.15, 0.2) is 0 Å². The molecule has 1 amide bonds. The van der Waals surface area contributed by atoms with Gasteiger partial charge in [-0.1, -0.05) is 0 Å². The highest BCUT2D eigenvalue weighted by atomic mass is 19.4. The number of nitrogens with one attached hydrogen (secondary N) is 1. The predicted octanol–water partition coefficient (Wildman–Crippen LogP) is 1.74. The summed E-state index contributed by atoms with van der Waals surface area (Å²) in [5, 5.41) is 2.48. The highest BCUT2D eigenvalue weighted by Crippen LogP contribution is 2.33. The van der Waals surface area contributed by atoms with Crippen LogP contribution in [-0.2, 0) is 17.5 Å². The first-order valence-electron chi connectivity index (χ1n) is 6.19. The third-order valence-corrected chi connectivity index (χ3v) is 2.97. The summed E-state index contributed by atoms with van der Waals surface area (Å²) in [6, 6.07) is 3.74. The lowest BCUT2D eigenvalue weighted by Crippen LogP contribution is -2.35. The van der Waals surface area contributed by atoms with Gasteiger partial charge in [0.05, 0.1) is 12.1 Å². The van der Waals surface area contributed by atoms with Crippen molar-refractivity contribution in [2.75, 3.05) is 25.0 Å². The van der Waals surface area contributed by atoms with Gasteiger partial charge in [0.2, 0.25) is 5.91 Å². The highest BCUT2D eigenvalue weighted by molar-refractivity contribution is 5.81. The lowest BCUT2D eigenvalue weighted by Gasteiger charge is -2.24. The molecule has 0 fully saturated rings. The highest BCUT2D eigenvalue weighted by Gasteiger charge is 2.33. The number of carbonyl (C=O) groups excluding carboxylic acids is 1. The standard InChI is InChI=1S/C13H18F3N3O/c1-3-19(8-12(20)18-2)10-4-5-11(13(14,15)16)9(6-10)7-17/h4-6H,3,7-8,17H2,1-2H3,(H,18,20). The normalized spacial score (nSPS) is 11.3. The zero-order chi connectivity index (χ0) is 15.3. The average Bonchev–Trinajstić information content (AvgIpc) is 2.42. The van der Waals surface area contributed by atoms with Crippen LogP contribution in [-0.4, -0.2) is 26.0 Å². The molecule has 20 heavy (non-hydrogen) atoms. The number of halogens is 3. The smallest absolute Gasteiger partial charge is 0.362 e. The van der Waals surface area contributed by atoms with Crippen molar-refractivity contribution in [2.24, 2.45) is 5.73 Å². The number of nitrogens with two attached hydrogens (primary N) is 1. The molecule has 0 aromatic heterocycles. The number of rotatable bonds is 5. The van der Waals surface area contributed by atoms with Crippen LogP contribution in [0.5, 0.6) is 0 Å². The maximum atomic E-state index is 12.8. The van der Waals surface area contributed by atoms with Crippen LogP contribution in [0.4, 0.5) is 18.9 Å². The van der Waals surface area contributed by atoms with E-state index in [1.807, 2.05) is 6.92 Å². The van der Waals surface area contributed by atoms with Gasteiger partial charge in [-0.15, -0.1) is 0 Å². The molecular formula is C13H18F3N3O. The Morgan fingerprint density at radius 2 is 2.05 bits per heavy atom. The molecule has 7 heteroatoms. The van der Waals surface area contributed by atoms with Crippen molar-refractivity contribution in [1.29, 1.82) is 0 Å². The van der Waals surface area contributed by atoms with Gasteiger partial charge in [-0.3, -0.25) is 4.79 Å². The van der Waals surface area contributed by atoms with Crippen LogP contribution < -0.4 is 16.0 Å². The Morgan fingerprint density at radius 3 is 2.50 bits per heavy atom. The molecule has 0 unspecified atom stereocenters. The van der Waals surface area contributed by atoms with Crippen molar-refractivity contribution in [1.82, 2.24) is 5.32 Å². The second-order valence-corrected chi connectivity index (χ2v) is 4.23. The number of alkyl halides is 3. The van der Waals surface area contributed by atoms with Crippen LogP contribution in [0.1, 0.15) is 18.1 Å². The molecule has 0 bridgehead atoms. The summed E-state index contributed by atoms with van der Waals surface area (Å²) in [5.41, 5.74) is 5.22. The summed E-state index contributed by atoms with van der Waals surface area (Å²) in [5.74, 6) is -0.207. The summed E-state index contributed by atoms with van der Waals surface area (Å²) in [4.78, 5) is 13.1. The van der Waals surface area contributed by atoms with E-state index in [2.05, 4.69) is 5.32 Å². The number of hydrogen-bond acceptors (Lipinski definition) is 3. The Bertz CT molecular complexity index is 474. The molecule has 0 aliphatic carbocycles. The van der Waals surface area contributed by atoms with E-state index in [1.165, 1.54) is 19.2 Å². The van der Waals surface area contributed by atoms with Crippen LogP contribution in [0.2, 0.25) is 0 Å². The molecule has 1 aromatic rings. The Balaban J connectivity index is 3.10. The van der Waals surface area contributed by atoms with Gasteiger partial charge in [-0.2, -0.15) is 13.2 Å². The molecule has 3 N–H and O–H groups in total. The Labute approximate surface area is 115 Å². The molecule has 1 rings (SSSR count). The molecule has 0 saturated heterocycles. The largest absolute Gasteiger partial charge is 0.416 e. The SMILES string of the molecule is CCN(CC(=O)NC)c1ccc(C(F)(F)F)c(CN)c1. The first kappa shape index (κ1) is 16.3. The van der Waals surface area contributed by atoms with E-state index < -0.39 is 11.7 Å². The molecular weight excluding hydrogens is 271 g/mol. The van der Waals surface area contributed by atoms with Crippen molar-refractivity contribution in [2.45, 2.75) is 19.6 Å². The molecule has 0 atom stereocenters. The van der Waals surface area contributed by atoms with Crippen LogP contribution in [0.25, 0.3) is 0 Å². The van der Waals surface area contributed by atoms with E-state index in [0.717, 1.165) is 6.07 Å². The first-order chi connectivity index (χ1) is 9.33. The summed E-state index contributed by atoms with van der Waals surface area (Å²) in [6.07, 6.45) is -4.43. The molecule has 4 nitrogen and oxygen atoms in total. The van der Waals surface area contributed by atoms with Crippen molar-refractivity contribution >= 4 is 11.6 Å². The third kappa shape index (κ3) is 3.86. The second kappa shape index (κ2) is 6.60. The van der Waals surface area contributed by atoms with E-state index >= 15 is 0 Å². The average molecular weight is 289 g/mol. The lowest BCUT2D eigenvalue weighted by molar-refractivity contribution is -0.138. The van der Waals surface area contributed by atoms with Crippen molar-refractivity contribution in [3.63, 3.8) is 0 Å². The van der Waals surface area contributed by atoms with Gasteiger partial charge in [0, 0.05) is 25.8 Å². The molecule has 0 heterocycles. The fourth-order valence-corrected chi connectivity index (χ4v) is 1.86. The number of hydrogen-bond donors (Lipinski definition) is 2. The zero-order valence-corrected chi connectivity index (χ0v) is 11.4. The maximum absolute atomic E-state index is 12.8. The number of amides is 1. The minimum atomic E-state index is -4.43. The summed E-state index contributed by atoms with van der Waals surface area (Å²) < 4.78 is 38.3. The van der Waals surface area contributed by atoms with Gasteiger partial charge in [-0.05, 0) is 30.7 Å². The lowest BCUT2D eigenvalue weighted by atomic mass is 10.1. The number of likely N-dealkylation sites (N-methyl/N-ethyl adjacent to an activating group) is 2. The van der Waals surface area contributed by atoms with Crippen LogP contribution in [0.15, 0.2) is 18.2 Å². The van der Waals surface area contributed by atoms with Crippen LogP contribution >= 0.6 is 0 Å². The van der Waals surface area contributed by atoms with Gasteiger partial charge >= 0.3 is 6.18 Å². The molecule has 0 spiro atoms. The molecule has 0 aliphatic rings. The number of carbonyl (C=O) groups is 1. The number of benzene rings is 1. The predicted molar refractivity (Wildman–Crippen MR) is 71.3 cm³/mol. The molecule has 112 valence electrons. The Kier molecular flexibility index (Phi) is 5.38. The fourth-order valence-electron chi connectivity index (χ4n) is 1.86. The zero-order valence-electron chi connectivity index (χ0n) is 11.4. The van der Waals surface area contributed by atoms with Crippen molar-refractivity contribution in [3.8, 4) is 0 Å². The maximum Gasteiger partial charge on any atom is 0.416 e. The minimum Gasteiger partial charge on any atom is -0.362 e. The molecule has 0 saturated carbocycles. The minimum absolute atomic E-state index is 0.0188. The Hall–Kier alpha value is -1.76. The monoisotopic (exact) mass is 289 g/mol. The third-order valence-electron chi connectivity index (χ3n) is 2.97. The van der Waals surface area contributed by atoms with E-state index in [9.17, 15) is 18.0 Å². The van der Waals surface area contributed by atoms with Gasteiger partial charge in [-0.25, -0.2) is 0 Å². The number of anilines is 1. The van der Waals surface area contributed by atoms with Gasteiger partial charge in [0.25, 0.3) is 0 Å². The Morgan fingerprint density at radius 1 is 1.40 bits per heavy atom. The van der Waals surface area contributed by atoms with Crippen molar-refractivity contribution < 1.29 is 18.0 Å². The molecule has 0 aliphatic heterocycles. The quantitative estimate of drug-likeness (QED) is 0.868. The van der Waals surface area contributed by atoms with E-state index in [1.54, 1.807) is 4.90 Å². The fraction of sp³-hybridized carbons (Fsp3) is 0.462.